The Labute approximate surface area is 150 Å². The Morgan fingerprint density at radius 1 is 1.16 bits per heavy atom. The van der Waals surface area contributed by atoms with Gasteiger partial charge in [0, 0.05) is 19.6 Å². The van der Waals surface area contributed by atoms with Crippen LogP contribution in [0.25, 0.3) is 0 Å². The zero-order valence-corrected chi connectivity index (χ0v) is 15.6. The lowest BCUT2D eigenvalue weighted by Gasteiger charge is -2.22. The van der Waals surface area contributed by atoms with Gasteiger partial charge >= 0.3 is 0 Å². The molecule has 1 atom stereocenters. The van der Waals surface area contributed by atoms with Crippen LogP contribution in [0, 0.1) is 0 Å². The van der Waals surface area contributed by atoms with Crippen LogP contribution in [-0.4, -0.2) is 56.1 Å². The van der Waals surface area contributed by atoms with Crippen molar-refractivity contribution >= 4 is 21.9 Å². The van der Waals surface area contributed by atoms with Crippen LogP contribution in [0.5, 0.6) is 0 Å². The van der Waals surface area contributed by atoms with Crippen LogP contribution in [0.3, 0.4) is 0 Å². The van der Waals surface area contributed by atoms with Gasteiger partial charge in [-0.1, -0.05) is 19.3 Å². The summed E-state index contributed by atoms with van der Waals surface area (Å²) in [4.78, 5) is 17.9. The number of rotatable bonds is 7. The van der Waals surface area contributed by atoms with Gasteiger partial charge in [0.15, 0.2) is 0 Å². The van der Waals surface area contributed by atoms with Crippen molar-refractivity contribution in [2.24, 2.45) is 16.5 Å². The van der Waals surface area contributed by atoms with E-state index in [1.807, 2.05) is 0 Å². The molecule has 1 amide bonds. The second-order valence-corrected chi connectivity index (χ2v) is 8.92. The molecular weight excluding hydrogens is 342 g/mol. The number of nitrogens with two attached hydrogens (primary N) is 2. The summed E-state index contributed by atoms with van der Waals surface area (Å²) in [5.74, 6) is -0.0857. The molecule has 1 heterocycles. The molecule has 2 fully saturated rings. The number of hydrogen-bond acceptors (Lipinski definition) is 5. The fraction of sp³-hybridized carbons (Fsp3) is 0.875. The third kappa shape index (κ3) is 6.14. The Kier molecular flexibility index (Phi) is 7.49. The van der Waals surface area contributed by atoms with Crippen LogP contribution >= 0.6 is 0 Å². The highest BCUT2D eigenvalue weighted by Gasteiger charge is 2.27. The SMILES string of the molecule is NC(=NCCC[C@@H](N)C(=O)N1CCCC1)NS(=O)(=O)C1CCCCC1. The number of amides is 1. The molecule has 144 valence electrons. The minimum atomic E-state index is -3.45. The average Bonchev–Trinajstić information content (AvgIpc) is 3.13. The molecule has 1 aliphatic carbocycles. The van der Waals surface area contributed by atoms with Gasteiger partial charge in [0.25, 0.3) is 0 Å². The second-order valence-electron chi connectivity index (χ2n) is 6.96. The fourth-order valence-corrected chi connectivity index (χ4v) is 4.92. The van der Waals surface area contributed by atoms with Crippen LogP contribution in [-0.2, 0) is 14.8 Å². The van der Waals surface area contributed by atoms with E-state index in [9.17, 15) is 13.2 Å². The molecule has 0 aromatic carbocycles. The quantitative estimate of drug-likeness (QED) is 0.335. The molecule has 9 heteroatoms. The summed E-state index contributed by atoms with van der Waals surface area (Å²) < 4.78 is 26.8. The topological polar surface area (TPSA) is 131 Å². The van der Waals surface area contributed by atoms with Gasteiger partial charge in [0.2, 0.25) is 21.9 Å². The number of carbonyl (C=O) groups excluding carboxylic acids is 1. The zero-order valence-electron chi connectivity index (χ0n) is 14.8. The van der Waals surface area contributed by atoms with Gasteiger partial charge in [-0.2, -0.15) is 0 Å². The van der Waals surface area contributed by atoms with Gasteiger partial charge in [0.05, 0.1) is 11.3 Å². The van der Waals surface area contributed by atoms with Gasteiger partial charge in [-0.15, -0.1) is 0 Å². The van der Waals surface area contributed by atoms with Crippen LogP contribution < -0.4 is 16.2 Å². The predicted octanol–water partition coefficient (Wildman–Crippen LogP) is 0.283. The van der Waals surface area contributed by atoms with Crippen LogP contribution in [0.15, 0.2) is 4.99 Å². The van der Waals surface area contributed by atoms with Gasteiger partial charge in [-0.05, 0) is 38.5 Å². The van der Waals surface area contributed by atoms with Crippen LogP contribution in [0.2, 0.25) is 0 Å². The van der Waals surface area contributed by atoms with Gasteiger partial charge in [-0.25, -0.2) is 8.42 Å². The first-order chi connectivity index (χ1) is 11.9. The van der Waals surface area contributed by atoms with Crippen molar-refractivity contribution in [3.05, 3.63) is 0 Å². The zero-order chi connectivity index (χ0) is 18.3. The van der Waals surface area contributed by atoms with E-state index in [2.05, 4.69) is 9.71 Å². The lowest BCUT2D eigenvalue weighted by molar-refractivity contribution is -0.131. The number of hydrogen-bond donors (Lipinski definition) is 3. The summed E-state index contributed by atoms with van der Waals surface area (Å²) in [6.45, 7) is 1.93. The first-order valence-corrected chi connectivity index (χ1v) is 10.8. The molecule has 0 spiro atoms. The predicted molar refractivity (Wildman–Crippen MR) is 98.4 cm³/mol. The van der Waals surface area contributed by atoms with Crippen LogP contribution in [0.4, 0.5) is 0 Å². The summed E-state index contributed by atoms with van der Waals surface area (Å²) in [5.41, 5.74) is 11.6. The van der Waals surface area contributed by atoms with E-state index in [1.54, 1.807) is 4.90 Å². The van der Waals surface area contributed by atoms with E-state index in [0.29, 0.717) is 32.2 Å². The van der Waals surface area contributed by atoms with Crippen molar-refractivity contribution < 1.29 is 13.2 Å². The van der Waals surface area contributed by atoms with E-state index in [1.165, 1.54) is 0 Å². The lowest BCUT2D eigenvalue weighted by Crippen LogP contribution is -2.43. The Morgan fingerprint density at radius 2 is 1.80 bits per heavy atom. The molecule has 2 aliphatic rings. The third-order valence-electron chi connectivity index (χ3n) is 4.93. The highest BCUT2D eigenvalue weighted by atomic mass is 32.2. The Balaban J connectivity index is 1.70. The molecule has 5 N–H and O–H groups in total. The van der Waals surface area contributed by atoms with Gasteiger partial charge < -0.3 is 16.4 Å². The highest BCUT2D eigenvalue weighted by molar-refractivity contribution is 7.90. The molecule has 1 saturated carbocycles. The lowest BCUT2D eigenvalue weighted by atomic mass is 10.0. The first kappa shape index (κ1) is 20.0. The van der Waals surface area contributed by atoms with Crippen molar-refractivity contribution in [2.45, 2.75) is 69.1 Å². The fourth-order valence-electron chi connectivity index (χ4n) is 3.44. The maximum atomic E-state index is 12.2. The standard InChI is InChI=1S/C16H31N5O3S/c17-14(15(22)21-11-4-5-12-21)9-6-10-19-16(18)20-25(23,24)13-7-2-1-3-8-13/h13-14H,1-12,17H2,(H3,18,19,20)/t14-/m1/s1. The Hall–Kier alpha value is -1.35. The van der Waals surface area contributed by atoms with Gasteiger partial charge in [-0.3, -0.25) is 14.5 Å². The summed E-state index contributed by atoms with van der Waals surface area (Å²) in [5, 5.41) is -0.374. The Bertz CT molecular complexity index is 566. The molecule has 8 nitrogen and oxygen atoms in total. The van der Waals surface area contributed by atoms with Crippen molar-refractivity contribution in [3.63, 3.8) is 0 Å². The largest absolute Gasteiger partial charge is 0.369 e. The number of nitrogens with one attached hydrogen (secondary N) is 1. The van der Waals surface area contributed by atoms with E-state index in [-0.39, 0.29) is 17.1 Å². The average molecular weight is 374 g/mol. The molecule has 0 bridgehead atoms. The minimum absolute atomic E-state index is 0.00699. The number of guanidine groups is 1. The van der Waals surface area contributed by atoms with Crippen molar-refractivity contribution in [2.75, 3.05) is 19.6 Å². The smallest absolute Gasteiger partial charge is 0.239 e. The molecule has 2 rings (SSSR count). The van der Waals surface area contributed by atoms with E-state index in [0.717, 1.165) is 45.2 Å². The monoisotopic (exact) mass is 373 g/mol. The number of nitrogens with zero attached hydrogens (tertiary/aromatic N) is 2. The molecular formula is C16H31N5O3S. The second kappa shape index (κ2) is 9.38. The van der Waals surface area contributed by atoms with Crippen LogP contribution in [0.1, 0.15) is 57.8 Å². The summed E-state index contributed by atoms with van der Waals surface area (Å²) >= 11 is 0. The molecule has 0 aromatic heterocycles. The molecule has 0 aromatic rings. The maximum Gasteiger partial charge on any atom is 0.239 e. The van der Waals surface area contributed by atoms with Crippen molar-refractivity contribution in [3.8, 4) is 0 Å². The Morgan fingerprint density at radius 3 is 2.44 bits per heavy atom. The summed E-state index contributed by atoms with van der Waals surface area (Å²) in [6, 6.07) is -0.520. The number of carbonyl (C=O) groups is 1. The van der Waals surface area contributed by atoms with E-state index >= 15 is 0 Å². The van der Waals surface area contributed by atoms with E-state index < -0.39 is 16.1 Å². The number of sulfonamides is 1. The van der Waals surface area contributed by atoms with E-state index in [4.69, 9.17) is 11.5 Å². The highest BCUT2D eigenvalue weighted by Crippen LogP contribution is 2.22. The van der Waals surface area contributed by atoms with Crippen molar-refractivity contribution in [1.29, 1.82) is 0 Å². The molecule has 25 heavy (non-hydrogen) atoms. The maximum absolute atomic E-state index is 12.2. The molecule has 0 radical (unpaired) electrons. The normalized spacial score (nSPS) is 21.3. The summed E-state index contributed by atoms with van der Waals surface area (Å²) in [6.07, 6.45) is 7.50. The summed E-state index contributed by atoms with van der Waals surface area (Å²) in [7, 11) is -3.45. The number of likely N-dealkylation sites (tertiary alicyclic amines) is 1. The molecule has 0 unspecified atom stereocenters. The van der Waals surface area contributed by atoms with Crippen molar-refractivity contribution in [1.82, 2.24) is 9.62 Å². The molecule has 1 saturated heterocycles. The molecule has 1 aliphatic heterocycles. The third-order valence-corrected chi connectivity index (χ3v) is 6.77. The minimum Gasteiger partial charge on any atom is -0.369 e. The first-order valence-electron chi connectivity index (χ1n) is 9.26. The number of aliphatic imine (C=N–C) groups is 1. The van der Waals surface area contributed by atoms with Gasteiger partial charge in [0.1, 0.15) is 0 Å².